The van der Waals surface area contributed by atoms with Crippen LogP contribution in [0, 0.1) is 17.8 Å². The number of allylic oxidation sites excluding steroid dienone is 1. The fourth-order valence-corrected chi connectivity index (χ4v) is 5.31. The van der Waals surface area contributed by atoms with Gasteiger partial charge in [0.05, 0.1) is 23.0 Å². The molecule has 1 aliphatic carbocycles. The summed E-state index contributed by atoms with van der Waals surface area (Å²) in [7, 11) is -4.79. The van der Waals surface area contributed by atoms with Crippen molar-refractivity contribution in [1.29, 1.82) is 0 Å². The Kier molecular flexibility index (Phi) is 12.1. The quantitative estimate of drug-likeness (QED) is 0.107. The van der Waals surface area contributed by atoms with E-state index in [4.69, 9.17) is 28.0 Å². The summed E-state index contributed by atoms with van der Waals surface area (Å²) in [6.45, 7) is 9.15. The molecule has 0 bridgehead atoms. The molecule has 2 aromatic rings. The van der Waals surface area contributed by atoms with E-state index in [9.17, 15) is 28.5 Å². The Balaban J connectivity index is 1.89. The van der Waals surface area contributed by atoms with Gasteiger partial charge in [0.1, 0.15) is 6.61 Å². The lowest BCUT2D eigenvalue weighted by molar-refractivity contribution is -0.164. The second kappa shape index (κ2) is 15.2. The number of hydrogen-bond donors (Lipinski definition) is 1. The smallest absolute Gasteiger partial charge is 0.376 e. The number of carbonyl (C=O) groups is 3. The average Bonchev–Trinajstić information content (AvgIpc) is 3.44. The monoisotopic (exact) mass is 664 g/mol. The molecule has 0 aliphatic heterocycles. The Bertz CT molecular complexity index is 1550. The molecule has 0 amide bonds. The van der Waals surface area contributed by atoms with Crippen molar-refractivity contribution in [1.82, 2.24) is 9.55 Å². The molecule has 3 atom stereocenters. The van der Waals surface area contributed by atoms with Crippen LogP contribution in [-0.2, 0) is 53.6 Å². The summed E-state index contributed by atoms with van der Waals surface area (Å²) in [5, 5.41) is 0. The summed E-state index contributed by atoms with van der Waals surface area (Å²) in [6, 6.07) is 8.10. The number of aromatic amines is 1. The van der Waals surface area contributed by atoms with Crippen LogP contribution in [0.5, 0.6) is 0 Å². The van der Waals surface area contributed by atoms with Crippen LogP contribution < -0.4 is 11.2 Å². The maximum atomic E-state index is 14.3. The van der Waals surface area contributed by atoms with Gasteiger partial charge in [-0.25, -0.2) is 9.59 Å². The molecule has 0 radical (unpaired) electrons. The lowest BCUT2D eigenvalue weighted by Crippen LogP contribution is -2.35. The standard InChI is InChI=1S/C31H41N2O12P/c1-20-16-33(29(38)32-24(20)34)22-13-14-23(15-22)45-26(25(35)40-17-21-11-9-8-10-12-21)46(39,43-18-41-27(36)30(2,3)4)44-19-42-28(37)31(5,6)7/h8-14,16,22-23,26H,15,17-19H2,1-7H3,(H,32,34,38)/t22-,23+,26?/m0/s1. The van der Waals surface area contributed by atoms with Gasteiger partial charge in [-0.15, -0.1) is 0 Å². The predicted molar refractivity (Wildman–Crippen MR) is 164 cm³/mol. The van der Waals surface area contributed by atoms with Gasteiger partial charge in [0.2, 0.25) is 13.6 Å². The summed E-state index contributed by atoms with van der Waals surface area (Å²) in [6.07, 6.45) is 3.73. The number of aromatic nitrogens is 2. The summed E-state index contributed by atoms with van der Waals surface area (Å²) in [5.41, 5.74) is -2.10. The molecule has 15 heteroatoms. The third-order valence-corrected chi connectivity index (χ3v) is 8.45. The molecule has 1 aromatic carbocycles. The zero-order chi connectivity index (χ0) is 34.3. The number of rotatable bonds is 13. The fourth-order valence-electron chi connectivity index (χ4n) is 3.92. The summed E-state index contributed by atoms with van der Waals surface area (Å²) < 4.78 is 48.1. The Labute approximate surface area is 266 Å². The Morgan fingerprint density at radius 3 is 2.02 bits per heavy atom. The molecule has 1 aromatic heterocycles. The minimum absolute atomic E-state index is 0.0892. The van der Waals surface area contributed by atoms with E-state index in [0.717, 1.165) is 0 Å². The van der Waals surface area contributed by atoms with Gasteiger partial charge >= 0.3 is 31.2 Å². The predicted octanol–water partition coefficient (Wildman–Crippen LogP) is 4.12. The van der Waals surface area contributed by atoms with Crippen molar-refractivity contribution < 1.29 is 46.9 Å². The normalized spacial score (nSPS) is 17.4. The number of H-pyrrole nitrogens is 1. The molecule has 1 unspecified atom stereocenters. The number of nitrogens with zero attached hydrogens (tertiary/aromatic N) is 1. The van der Waals surface area contributed by atoms with Gasteiger partial charge in [-0.3, -0.25) is 37.5 Å². The highest BCUT2D eigenvalue weighted by molar-refractivity contribution is 7.55. The highest BCUT2D eigenvalue weighted by atomic mass is 31.2. The first-order valence-electron chi connectivity index (χ1n) is 14.5. The number of ether oxygens (including phenoxy) is 4. The van der Waals surface area contributed by atoms with Crippen molar-refractivity contribution in [3.05, 3.63) is 80.6 Å². The van der Waals surface area contributed by atoms with Gasteiger partial charge in [-0.05, 0) is 54.0 Å². The first-order valence-corrected chi connectivity index (χ1v) is 16.1. The lowest BCUT2D eigenvalue weighted by atomic mass is 9.98. The van der Waals surface area contributed by atoms with E-state index in [1.807, 2.05) is 0 Å². The Morgan fingerprint density at radius 2 is 1.48 bits per heavy atom. The van der Waals surface area contributed by atoms with Crippen molar-refractivity contribution in [3.63, 3.8) is 0 Å². The second-order valence-corrected chi connectivity index (χ2v) is 14.7. The molecule has 0 fully saturated rings. The molecule has 252 valence electrons. The molecule has 1 heterocycles. The number of benzene rings is 1. The second-order valence-electron chi connectivity index (χ2n) is 12.7. The minimum atomic E-state index is -4.79. The Hall–Kier alpha value is -3.84. The van der Waals surface area contributed by atoms with E-state index in [1.165, 1.54) is 10.8 Å². The van der Waals surface area contributed by atoms with Crippen LogP contribution in [0.25, 0.3) is 0 Å². The average molecular weight is 665 g/mol. The van der Waals surface area contributed by atoms with Crippen molar-refractivity contribution in [2.75, 3.05) is 13.6 Å². The van der Waals surface area contributed by atoms with E-state index in [1.54, 1.807) is 91.0 Å². The molecule has 3 rings (SSSR count). The number of aryl methyl sites for hydroxylation is 1. The van der Waals surface area contributed by atoms with Crippen molar-refractivity contribution in [3.8, 4) is 0 Å². The summed E-state index contributed by atoms with van der Waals surface area (Å²) in [4.78, 5) is 64.8. The van der Waals surface area contributed by atoms with Gasteiger partial charge in [0, 0.05) is 18.2 Å². The SMILES string of the molecule is Cc1cn([C@H]2C=C[C@@H](OC(C(=O)OCc3ccccc3)P(=O)(OCOC(=O)C(C)(C)C)OCOC(=O)C(C)(C)C)C2)c(=O)[nH]c1=O. The summed E-state index contributed by atoms with van der Waals surface area (Å²) >= 11 is 0. The first kappa shape index (κ1) is 36.6. The van der Waals surface area contributed by atoms with E-state index >= 15 is 0 Å². The van der Waals surface area contributed by atoms with Gasteiger partial charge in [-0.1, -0.05) is 42.5 Å². The van der Waals surface area contributed by atoms with Crippen LogP contribution in [-0.4, -0.2) is 53.0 Å². The van der Waals surface area contributed by atoms with Gasteiger partial charge in [-0.2, -0.15) is 0 Å². The van der Waals surface area contributed by atoms with Crippen molar-refractivity contribution >= 4 is 25.5 Å². The van der Waals surface area contributed by atoms with Gasteiger partial charge in [0.15, 0.2) is 0 Å². The van der Waals surface area contributed by atoms with Gasteiger partial charge < -0.3 is 18.9 Å². The van der Waals surface area contributed by atoms with Crippen LogP contribution in [0.2, 0.25) is 0 Å². The van der Waals surface area contributed by atoms with E-state index < -0.39 is 79.2 Å². The largest absolute Gasteiger partial charge is 0.458 e. The lowest BCUT2D eigenvalue weighted by Gasteiger charge is -2.28. The molecule has 0 saturated carbocycles. The molecule has 46 heavy (non-hydrogen) atoms. The number of nitrogens with one attached hydrogen (secondary N) is 1. The number of carbonyl (C=O) groups excluding carboxylic acids is 3. The van der Waals surface area contributed by atoms with Crippen LogP contribution >= 0.6 is 7.60 Å². The molecular formula is C31H41N2O12P. The maximum Gasteiger partial charge on any atom is 0.376 e. The molecule has 0 saturated heterocycles. The van der Waals surface area contributed by atoms with Crippen LogP contribution in [0.15, 0.2) is 58.3 Å². The summed E-state index contributed by atoms with van der Waals surface area (Å²) in [5.74, 6) is -4.55. The van der Waals surface area contributed by atoms with Crippen molar-refractivity contribution in [2.24, 2.45) is 10.8 Å². The number of esters is 3. The van der Waals surface area contributed by atoms with E-state index in [0.29, 0.717) is 11.1 Å². The van der Waals surface area contributed by atoms with Crippen LogP contribution in [0.3, 0.4) is 0 Å². The zero-order valence-corrected chi connectivity index (χ0v) is 27.9. The molecule has 1 N–H and O–H groups in total. The molecular weight excluding hydrogens is 623 g/mol. The van der Waals surface area contributed by atoms with E-state index in [-0.39, 0.29) is 13.0 Å². The number of hydrogen-bond acceptors (Lipinski definition) is 12. The molecule has 1 aliphatic rings. The third-order valence-electron chi connectivity index (χ3n) is 6.61. The third kappa shape index (κ3) is 10.1. The van der Waals surface area contributed by atoms with Crippen molar-refractivity contribution in [2.45, 2.75) is 79.5 Å². The minimum Gasteiger partial charge on any atom is -0.458 e. The highest BCUT2D eigenvalue weighted by Gasteiger charge is 2.47. The van der Waals surface area contributed by atoms with Gasteiger partial charge in [0.25, 0.3) is 11.4 Å². The van der Waals surface area contributed by atoms with E-state index in [2.05, 4.69) is 4.98 Å². The fraction of sp³-hybridized carbons (Fsp3) is 0.516. The highest BCUT2D eigenvalue weighted by Crippen LogP contribution is 2.55. The van der Waals surface area contributed by atoms with Crippen LogP contribution in [0.1, 0.15) is 65.1 Å². The first-order chi connectivity index (χ1) is 21.4. The molecule has 14 nitrogen and oxygen atoms in total. The Morgan fingerprint density at radius 1 is 0.913 bits per heavy atom. The topological polar surface area (TPSA) is 179 Å². The zero-order valence-electron chi connectivity index (χ0n) is 27.0. The molecule has 0 spiro atoms. The maximum absolute atomic E-state index is 14.3. The van der Waals surface area contributed by atoms with Crippen LogP contribution in [0.4, 0.5) is 0 Å².